The number of nitrogens with zero attached hydrogens (tertiary/aromatic N) is 2. The number of ether oxygens (including phenoxy) is 1. The second-order valence-corrected chi connectivity index (χ2v) is 5.76. The first-order valence-electron chi connectivity index (χ1n) is 6.94. The van der Waals surface area contributed by atoms with E-state index in [9.17, 15) is 19.2 Å². The van der Waals surface area contributed by atoms with Gasteiger partial charge in [-0.15, -0.1) is 11.3 Å². The van der Waals surface area contributed by atoms with Gasteiger partial charge in [0.25, 0.3) is 5.91 Å². The van der Waals surface area contributed by atoms with Crippen molar-refractivity contribution in [1.82, 2.24) is 15.6 Å². The van der Waals surface area contributed by atoms with E-state index in [1.54, 1.807) is 0 Å². The van der Waals surface area contributed by atoms with Crippen molar-refractivity contribution < 1.29 is 33.9 Å². The summed E-state index contributed by atoms with van der Waals surface area (Å²) in [6, 6.07) is -1.69. The van der Waals surface area contributed by atoms with Crippen LogP contribution in [0.1, 0.15) is 5.69 Å². The maximum absolute atomic E-state index is 12.4. The first kappa shape index (κ1) is 18.9. The Morgan fingerprint density at radius 2 is 2.19 bits per heavy atom. The van der Waals surface area contributed by atoms with Crippen molar-refractivity contribution in [2.24, 2.45) is 10.9 Å². The highest BCUT2D eigenvalue weighted by Crippen LogP contribution is 2.13. The van der Waals surface area contributed by atoms with Crippen molar-refractivity contribution in [3.05, 3.63) is 11.1 Å². The summed E-state index contributed by atoms with van der Waals surface area (Å²) in [5.41, 5.74) is 10.0. The number of anilines is 1. The average molecular weight is 386 g/mol. The highest BCUT2D eigenvalue weighted by Gasteiger charge is 2.42. The number of hydrogen-bond donors (Lipinski definition) is 5. The van der Waals surface area contributed by atoms with Crippen LogP contribution in [0.2, 0.25) is 0 Å². The van der Waals surface area contributed by atoms with Gasteiger partial charge >= 0.3 is 12.1 Å². The summed E-state index contributed by atoms with van der Waals surface area (Å²) in [6.45, 7) is -1.02. The van der Waals surface area contributed by atoms with Crippen molar-refractivity contribution in [2.75, 3.05) is 18.9 Å². The van der Waals surface area contributed by atoms with Crippen LogP contribution in [0, 0.1) is 0 Å². The molecule has 7 N–H and O–H groups in total. The predicted molar refractivity (Wildman–Crippen MR) is 86.0 cm³/mol. The minimum atomic E-state index is -1.30. The zero-order valence-corrected chi connectivity index (χ0v) is 13.8. The molecular formula is C12H14N6O7S. The Kier molecular flexibility index (Phi) is 5.90. The molecule has 1 aliphatic heterocycles. The van der Waals surface area contributed by atoms with Crippen molar-refractivity contribution in [3.8, 4) is 0 Å². The van der Waals surface area contributed by atoms with Crippen molar-refractivity contribution in [1.29, 1.82) is 0 Å². The number of carboxylic acid groups (broad SMARTS) is 1. The summed E-state index contributed by atoms with van der Waals surface area (Å²) in [5, 5.41) is 18.4. The molecule has 0 unspecified atom stereocenters. The maximum Gasteiger partial charge on any atom is 0.404 e. The van der Waals surface area contributed by atoms with Crippen LogP contribution in [-0.4, -0.2) is 65.0 Å². The number of β-lactam (4-membered cyclic amide) rings is 1. The number of thiazole rings is 1. The van der Waals surface area contributed by atoms with Crippen LogP contribution < -0.4 is 22.1 Å². The van der Waals surface area contributed by atoms with Gasteiger partial charge in [-0.05, 0) is 0 Å². The van der Waals surface area contributed by atoms with E-state index in [4.69, 9.17) is 16.6 Å². The number of nitrogen functional groups attached to an aromatic ring is 1. The summed E-state index contributed by atoms with van der Waals surface area (Å²) in [5.74, 6) is -2.67. The largest absolute Gasteiger partial charge is 0.479 e. The molecule has 0 saturated carbocycles. The molecule has 0 spiro atoms. The Bertz CT molecular complexity index is 763. The molecule has 0 radical (unpaired) electrons. The van der Waals surface area contributed by atoms with E-state index in [0.717, 1.165) is 11.3 Å². The van der Waals surface area contributed by atoms with E-state index in [1.165, 1.54) is 5.38 Å². The molecule has 1 saturated heterocycles. The maximum atomic E-state index is 12.4. The zero-order valence-electron chi connectivity index (χ0n) is 13.0. The fourth-order valence-electron chi connectivity index (χ4n) is 1.88. The first-order chi connectivity index (χ1) is 12.3. The molecule has 140 valence electrons. The van der Waals surface area contributed by atoms with Crippen molar-refractivity contribution >= 4 is 46.1 Å². The van der Waals surface area contributed by atoms with E-state index in [0.29, 0.717) is 0 Å². The average Bonchev–Trinajstić information content (AvgIpc) is 2.98. The Morgan fingerprint density at radius 3 is 2.73 bits per heavy atom. The summed E-state index contributed by atoms with van der Waals surface area (Å²) in [6.07, 6.45) is -1.03. The number of nitrogens with one attached hydrogen (secondary N) is 2. The SMILES string of the molecule is NC(=O)OC[C@H]1NC(=O)[C@H]1NC(=O)/C(=N\OCC(=O)O)c1csc(N)n1. The molecule has 14 heteroatoms. The molecule has 13 nitrogen and oxygen atoms in total. The fourth-order valence-corrected chi connectivity index (χ4v) is 2.43. The van der Waals surface area contributed by atoms with Crippen LogP contribution in [0.3, 0.4) is 0 Å². The zero-order chi connectivity index (χ0) is 19.3. The van der Waals surface area contributed by atoms with Gasteiger partial charge < -0.3 is 36.8 Å². The molecular weight excluding hydrogens is 372 g/mol. The van der Waals surface area contributed by atoms with E-state index < -0.39 is 42.6 Å². The summed E-state index contributed by atoms with van der Waals surface area (Å²) >= 11 is 1.02. The third-order valence-corrected chi connectivity index (χ3v) is 3.70. The van der Waals surface area contributed by atoms with Gasteiger partial charge in [0, 0.05) is 5.38 Å². The number of oxime groups is 1. The Hall–Kier alpha value is -3.42. The quantitative estimate of drug-likeness (QED) is 0.183. The predicted octanol–water partition coefficient (Wildman–Crippen LogP) is -2.39. The lowest BCUT2D eigenvalue weighted by atomic mass is 9.99. The van der Waals surface area contributed by atoms with E-state index >= 15 is 0 Å². The molecule has 0 bridgehead atoms. The minimum absolute atomic E-state index is 0.0417. The molecule has 2 heterocycles. The van der Waals surface area contributed by atoms with Gasteiger partial charge in [-0.3, -0.25) is 9.59 Å². The monoisotopic (exact) mass is 386 g/mol. The van der Waals surface area contributed by atoms with Gasteiger partial charge in [-0.1, -0.05) is 5.16 Å². The summed E-state index contributed by atoms with van der Waals surface area (Å²) in [7, 11) is 0. The van der Waals surface area contributed by atoms with Crippen LogP contribution in [0.4, 0.5) is 9.93 Å². The Morgan fingerprint density at radius 1 is 1.46 bits per heavy atom. The van der Waals surface area contributed by atoms with Gasteiger partial charge in [0.1, 0.15) is 18.3 Å². The number of carbonyl (C=O) groups excluding carboxylic acids is 3. The molecule has 1 fully saturated rings. The van der Waals surface area contributed by atoms with Crippen LogP contribution >= 0.6 is 11.3 Å². The number of hydrogen-bond acceptors (Lipinski definition) is 10. The van der Waals surface area contributed by atoms with Crippen LogP contribution in [0.15, 0.2) is 10.5 Å². The number of carbonyl (C=O) groups is 4. The van der Waals surface area contributed by atoms with Gasteiger partial charge in [-0.25, -0.2) is 14.6 Å². The molecule has 1 aliphatic rings. The molecule has 3 amide bonds. The highest BCUT2D eigenvalue weighted by molar-refractivity contribution is 7.13. The van der Waals surface area contributed by atoms with Gasteiger partial charge in [0.2, 0.25) is 12.5 Å². The second kappa shape index (κ2) is 8.11. The lowest BCUT2D eigenvalue weighted by Crippen LogP contribution is -2.71. The van der Waals surface area contributed by atoms with Crippen molar-refractivity contribution in [3.63, 3.8) is 0 Å². The summed E-state index contributed by atoms with van der Waals surface area (Å²) in [4.78, 5) is 53.6. The van der Waals surface area contributed by atoms with Crippen molar-refractivity contribution in [2.45, 2.75) is 12.1 Å². The molecule has 2 rings (SSSR count). The number of aliphatic carboxylic acids is 1. The molecule has 0 aliphatic carbocycles. The second-order valence-electron chi connectivity index (χ2n) is 4.87. The number of primary amides is 1. The molecule has 1 aromatic rings. The number of rotatable bonds is 8. The third kappa shape index (κ3) is 4.79. The van der Waals surface area contributed by atoms with E-state index in [2.05, 4.69) is 30.3 Å². The normalized spacial score (nSPS) is 19.1. The smallest absolute Gasteiger partial charge is 0.404 e. The number of amides is 3. The van der Waals surface area contributed by atoms with Gasteiger partial charge in [-0.2, -0.15) is 0 Å². The highest BCUT2D eigenvalue weighted by atomic mass is 32.1. The number of nitrogens with two attached hydrogens (primary N) is 2. The van der Waals surface area contributed by atoms with Crippen LogP contribution in [-0.2, 0) is 24.0 Å². The van der Waals surface area contributed by atoms with E-state index in [-0.39, 0.29) is 23.1 Å². The fraction of sp³-hybridized carbons (Fsp3) is 0.333. The topological polar surface area (TPSA) is 208 Å². The number of carboxylic acids is 1. The number of aromatic nitrogens is 1. The summed E-state index contributed by atoms with van der Waals surface area (Å²) < 4.78 is 4.57. The van der Waals surface area contributed by atoms with Gasteiger partial charge in [0.15, 0.2) is 10.8 Å². The Labute approximate surface area is 149 Å². The van der Waals surface area contributed by atoms with Crippen LogP contribution in [0.25, 0.3) is 0 Å². The lowest BCUT2D eigenvalue weighted by molar-refractivity contribution is -0.142. The molecule has 2 atom stereocenters. The van der Waals surface area contributed by atoms with E-state index in [1.807, 2.05) is 0 Å². The van der Waals surface area contributed by atoms with Gasteiger partial charge in [0.05, 0.1) is 6.04 Å². The minimum Gasteiger partial charge on any atom is -0.479 e. The lowest BCUT2D eigenvalue weighted by Gasteiger charge is -2.36. The van der Waals surface area contributed by atoms with Crippen LogP contribution in [0.5, 0.6) is 0 Å². The standard InChI is InChI=1S/C12H14N6O7S/c13-11-16-5(3-26-11)8(18-25-2-6(19)20)10(22)17-7-4(15-9(7)21)1-24-12(14)23/h3-4,7H,1-2H2,(H2,13,16)(H2,14,23)(H,15,21)(H,17,22)(H,19,20)/b18-8-/t4-,7+/m1/s1. The third-order valence-electron chi connectivity index (χ3n) is 3.03. The molecule has 1 aromatic heterocycles. The first-order valence-corrected chi connectivity index (χ1v) is 7.82. The molecule has 26 heavy (non-hydrogen) atoms. The Balaban J connectivity index is 2.09. The molecule has 0 aromatic carbocycles.